The number of nitrogens with zero attached hydrogens (tertiary/aromatic N) is 1. The van der Waals surface area contributed by atoms with Crippen LogP contribution < -0.4 is 4.72 Å². The third kappa shape index (κ3) is 4.56. The minimum Gasteiger partial charge on any atom is -0.277 e. The van der Waals surface area contributed by atoms with Gasteiger partial charge in [-0.15, -0.1) is 0 Å². The molecule has 164 valence electrons. The van der Waals surface area contributed by atoms with Crippen LogP contribution in [0.4, 0.5) is 18.9 Å². The number of benzene rings is 3. The summed E-state index contributed by atoms with van der Waals surface area (Å²) < 4.78 is 68.9. The average molecular weight is 477 g/mol. The van der Waals surface area contributed by atoms with Gasteiger partial charge in [0, 0.05) is 11.1 Å². The van der Waals surface area contributed by atoms with Crippen molar-refractivity contribution >= 4 is 38.2 Å². The van der Waals surface area contributed by atoms with Gasteiger partial charge in [0.1, 0.15) is 17.5 Å². The van der Waals surface area contributed by atoms with Crippen LogP contribution in [-0.4, -0.2) is 13.4 Å². The smallest absolute Gasteiger partial charge is 0.262 e. The molecular formula is C23H16ClF3N2O2S. The Morgan fingerprint density at radius 2 is 1.72 bits per heavy atom. The zero-order valence-corrected chi connectivity index (χ0v) is 18.2. The lowest BCUT2D eigenvalue weighted by molar-refractivity contribution is 0.597. The zero-order chi connectivity index (χ0) is 23.0. The molecule has 0 saturated heterocycles. The number of fused-ring (bicyclic) bond motifs is 1. The van der Waals surface area contributed by atoms with E-state index in [2.05, 4.69) is 9.71 Å². The topological polar surface area (TPSA) is 59.1 Å². The molecule has 1 heterocycles. The van der Waals surface area contributed by atoms with E-state index >= 15 is 0 Å². The Labute approximate surface area is 187 Å². The Morgan fingerprint density at radius 1 is 0.938 bits per heavy atom. The Kier molecular flexibility index (Phi) is 5.83. The first-order valence-electron chi connectivity index (χ1n) is 9.44. The van der Waals surface area contributed by atoms with Crippen molar-refractivity contribution in [2.45, 2.75) is 18.2 Å². The third-order valence-electron chi connectivity index (χ3n) is 4.86. The van der Waals surface area contributed by atoms with Crippen molar-refractivity contribution in [3.8, 4) is 0 Å². The van der Waals surface area contributed by atoms with Gasteiger partial charge in [-0.2, -0.15) is 0 Å². The van der Waals surface area contributed by atoms with Gasteiger partial charge in [-0.25, -0.2) is 21.6 Å². The Bertz CT molecular complexity index is 1460. The second-order valence-electron chi connectivity index (χ2n) is 7.26. The number of aromatic nitrogens is 1. The van der Waals surface area contributed by atoms with Gasteiger partial charge < -0.3 is 0 Å². The number of hydrogen-bond donors (Lipinski definition) is 1. The fourth-order valence-electron chi connectivity index (χ4n) is 3.38. The van der Waals surface area contributed by atoms with Crippen LogP contribution in [0.3, 0.4) is 0 Å². The van der Waals surface area contributed by atoms with Crippen LogP contribution in [0.5, 0.6) is 0 Å². The first-order chi connectivity index (χ1) is 15.1. The van der Waals surface area contributed by atoms with E-state index in [1.54, 1.807) is 18.2 Å². The van der Waals surface area contributed by atoms with Crippen molar-refractivity contribution in [2.24, 2.45) is 0 Å². The normalized spacial score (nSPS) is 11.7. The van der Waals surface area contributed by atoms with E-state index in [1.807, 2.05) is 6.92 Å². The van der Waals surface area contributed by atoms with E-state index in [9.17, 15) is 21.6 Å². The van der Waals surface area contributed by atoms with E-state index in [0.717, 1.165) is 29.5 Å². The summed E-state index contributed by atoms with van der Waals surface area (Å²) in [6.45, 7) is 1.81. The highest BCUT2D eigenvalue weighted by Crippen LogP contribution is 2.26. The monoisotopic (exact) mass is 476 g/mol. The van der Waals surface area contributed by atoms with E-state index in [1.165, 1.54) is 24.3 Å². The number of hydrogen-bond acceptors (Lipinski definition) is 3. The number of nitrogens with one attached hydrogen (secondary N) is 1. The van der Waals surface area contributed by atoms with Gasteiger partial charge in [-0.1, -0.05) is 17.7 Å². The molecule has 32 heavy (non-hydrogen) atoms. The molecule has 0 fully saturated rings. The van der Waals surface area contributed by atoms with Gasteiger partial charge in [-0.3, -0.25) is 9.71 Å². The first kappa shape index (κ1) is 22.1. The molecule has 0 aliphatic rings. The van der Waals surface area contributed by atoms with Crippen molar-refractivity contribution in [3.05, 3.63) is 100.0 Å². The molecule has 1 aromatic heterocycles. The van der Waals surface area contributed by atoms with Crippen molar-refractivity contribution in [2.75, 3.05) is 4.72 Å². The number of anilines is 1. The lowest BCUT2D eigenvalue weighted by atomic mass is 10.00. The van der Waals surface area contributed by atoms with Gasteiger partial charge in [-0.05, 0) is 79.1 Å². The molecular weight excluding hydrogens is 461 g/mol. The molecule has 4 aromatic rings. The van der Waals surface area contributed by atoms with Gasteiger partial charge >= 0.3 is 0 Å². The third-order valence-corrected chi connectivity index (χ3v) is 6.51. The fraction of sp³-hybridized carbons (Fsp3) is 0.0870. The van der Waals surface area contributed by atoms with Gasteiger partial charge in [0.05, 0.1) is 21.1 Å². The highest BCUT2D eigenvalue weighted by Gasteiger charge is 2.18. The van der Waals surface area contributed by atoms with Crippen molar-refractivity contribution in [3.63, 3.8) is 0 Å². The van der Waals surface area contributed by atoms with E-state index < -0.39 is 27.5 Å². The number of sulfonamides is 1. The summed E-state index contributed by atoms with van der Waals surface area (Å²) in [7, 11) is -4.18. The minimum atomic E-state index is -4.18. The molecule has 4 nitrogen and oxygen atoms in total. The second-order valence-corrected chi connectivity index (χ2v) is 9.35. The highest BCUT2D eigenvalue weighted by molar-refractivity contribution is 7.92. The maximum atomic E-state index is 14.7. The summed E-state index contributed by atoms with van der Waals surface area (Å²) in [5, 5.41) is 0.258. The highest BCUT2D eigenvalue weighted by atomic mass is 35.5. The zero-order valence-electron chi connectivity index (χ0n) is 16.7. The molecule has 0 unspecified atom stereocenters. The number of halogens is 4. The van der Waals surface area contributed by atoms with Crippen molar-refractivity contribution in [1.29, 1.82) is 0 Å². The molecule has 0 saturated carbocycles. The van der Waals surface area contributed by atoms with Crippen LogP contribution in [0.15, 0.2) is 65.6 Å². The molecule has 0 aliphatic carbocycles. The molecule has 4 rings (SSSR count). The Hall–Kier alpha value is -3.10. The van der Waals surface area contributed by atoms with Gasteiger partial charge in [0.15, 0.2) is 0 Å². The standard InChI is InChI=1S/C23H16ClF3N2O2S/c1-13-8-15(18-11-16(25)3-7-22(18)28-13)9-14-2-6-23(21(27)10-14)29-32(30,31)17-4-5-20(26)19(24)12-17/h2-8,10-12,29H,9H2,1H3. The lowest BCUT2D eigenvalue weighted by Crippen LogP contribution is -2.14. The summed E-state index contributed by atoms with van der Waals surface area (Å²) in [6.07, 6.45) is 0.292. The predicted molar refractivity (Wildman–Crippen MR) is 118 cm³/mol. The largest absolute Gasteiger partial charge is 0.277 e. The second kappa shape index (κ2) is 8.44. The first-order valence-corrected chi connectivity index (χ1v) is 11.3. The molecule has 0 radical (unpaired) electrons. The maximum absolute atomic E-state index is 14.7. The van der Waals surface area contributed by atoms with E-state index in [4.69, 9.17) is 11.6 Å². The van der Waals surface area contributed by atoms with Gasteiger partial charge in [0.2, 0.25) is 0 Å². The summed E-state index contributed by atoms with van der Waals surface area (Å²) in [6, 6.07) is 13.1. The fourth-order valence-corrected chi connectivity index (χ4v) is 4.72. The number of rotatable bonds is 5. The molecule has 0 spiro atoms. The van der Waals surface area contributed by atoms with Gasteiger partial charge in [0.25, 0.3) is 10.0 Å². The summed E-state index contributed by atoms with van der Waals surface area (Å²) in [5.74, 6) is -1.96. The van der Waals surface area contributed by atoms with Crippen LogP contribution >= 0.6 is 11.6 Å². The summed E-state index contributed by atoms with van der Waals surface area (Å²) in [5.41, 5.74) is 2.43. The molecule has 0 bridgehead atoms. The quantitative estimate of drug-likeness (QED) is 0.384. The minimum absolute atomic E-state index is 0.268. The molecule has 0 aliphatic heterocycles. The molecule has 0 atom stereocenters. The molecule has 9 heteroatoms. The maximum Gasteiger partial charge on any atom is 0.262 e. The Morgan fingerprint density at radius 3 is 2.44 bits per heavy atom. The van der Waals surface area contributed by atoms with Crippen LogP contribution in [0.2, 0.25) is 5.02 Å². The van der Waals surface area contributed by atoms with E-state index in [0.29, 0.717) is 22.9 Å². The number of aryl methyl sites for hydroxylation is 1. The Balaban J connectivity index is 1.62. The molecule has 0 amide bonds. The predicted octanol–water partition coefficient (Wildman–Crippen LogP) is 6.01. The van der Waals surface area contributed by atoms with Crippen molar-refractivity contribution in [1.82, 2.24) is 4.98 Å². The van der Waals surface area contributed by atoms with E-state index in [-0.39, 0.29) is 15.6 Å². The van der Waals surface area contributed by atoms with Crippen LogP contribution in [0, 0.1) is 24.4 Å². The summed E-state index contributed by atoms with van der Waals surface area (Å²) in [4.78, 5) is 4.08. The molecule has 3 aromatic carbocycles. The SMILES string of the molecule is Cc1cc(Cc2ccc(NS(=O)(=O)c3ccc(F)c(Cl)c3)c(F)c2)c2cc(F)ccc2n1. The van der Waals surface area contributed by atoms with Crippen LogP contribution in [0.1, 0.15) is 16.8 Å². The average Bonchev–Trinajstić information content (AvgIpc) is 2.72. The number of pyridine rings is 1. The van der Waals surface area contributed by atoms with Crippen LogP contribution in [-0.2, 0) is 16.4 Å². The summed E-state index contributed by atoms with van der Waals surface area (Å²) >= 11 is 5.65. The van der Waals surface area contributed by atoms with Crippen molar-refractivity contribution < 1.29 is 21.6 Å². The van der Waals surface area contributed by atoms with Crippen LogP contribution in [0.25, 0.3) is 10.9 Å². The molecule has 1 N–H and O–H groups in total. The lowest BCUT2D eigenvalue weighted by Gasteiger charge is -2.12.